The molecule has 1 unspecified atom stereocenters. The van der Waals surface area contributed by atoms with Gasteiger partial charge in [0.15, 0.2) is 0 Å². The lowest BCUT2D eigenvalue weighted by Crippen LogP contribution is -2.13. The van der Waals surface area contributed by atoms with Crippen molar-refractivity contribution in [2.75, 3.05) is 5.73 Å². The predicted molar refractivity (Wildman–Crippen MR) is 67.1 cm³/mol. The van der Waals surface area contributed by atoms with E-state index in [-0.39, 0.29) is 11.9 Å². The van der Waals surface area contributed by atoms with Crippen LogP contribution in [0.2, 0.25) is 0 Å². The molecule has 2 N–H and O–H groups in total. The first kappa shape index (κ1) is 12.0. The maximum Gasteiger partial charge on any atom is 0.141 e. The molecule has 2 aromatic rings. The van der Waals surface area contributed by atoms with Crippen LogP contribution in [0.4, 0.5) is 10.2 Å². The molecule has 0 spiro atoms. The standard InChI is InChI=1S/C11H12BrFN4/c1-6-10(12)11(14)17(16-6)7(2)9-4-3-8(13)5-15-9/h3-5,7H,14H2,1-2H3. The third kappa shape index (κ3) is 2.17. The molecule has 0 saturated heterocycles. The minimum atomic E-state index is -0.355. The molecule has 0 radical (unpaired) electrons. The zero-order valence-electron chi connectivity index (χ0n) is 9.48. The topological polar surface area (TPSA) is 56.7 Å². The maximum atomic E-state index is 12.8. The van der Waals surface area contributed by atoms with Crippen molar-refractivity contribution >= 4 is 21.7 Å². The molecule has 2 aromatic heterocycles. The number of nitrogens with zero attached hydrogens (tertiary/aromatic N) is 3. The van der Waals surface area contributed by atoms with Crippen LogP contribution < -0.4 is 5.73 Å². The van der Waals surface area contributed by atoms with Crippen LogP contribution in [0.15, 0.2) is 22.8 Å². The van der Waals surface area contributed by atoms with E-state index in [4.69, 9.17) is 5.73 Å². The highest BCUT2D eigenvalue weighted by Gasteiger charge is 2.17. The van der Waals surface area contributed by atoms with Crippen LogP contribution in [-0.4, -0.2) is 14.8 Å². The maximum absolute atomic E-state index is 12.8. The van der Waals surface area contributed by atoms with Gasteiger partial charge in [0.1, 0.15) is 11.6 Å². The molecule has 2 heterocycles. The fourth-order valence-electron chi connectivity index (χ4n) is 1.60. The van der Waals surface area contributed by atoms with Gasteiger partial charge in [-0.05, 0) is 41.9 Å². The average Bonchev–Trinajstić information content (AvgIpc) is 2.57. The molecule has 0 fully saturated rings. The van der Waals surface area contributed by atoms with Gasteiger partial charge in [-0.25, -0.2) is 9.07 Å². The monoisotopic (exact) mass is 298 g/mol. The van der Waals surface area contributed by atoms with Crippen LogP contribution in [0.5, 0.6) is 0 Å². The fourth-order valence-corrected chi connectivity index (χ4v) is 1.86. The lowest BCUT2D eigenvalue weighted by molar-refractivity contribution is 0.549. The number of nitrogen functional groups attached to an aromatic ring is 1. The summed E-state index contributed by atoms with van der Waals surface area (Å²) in [7, 11) is 0. The van der Waals surface area contributed by atoms with Gasteiger partial charge in [0.25, 0.3) is 0 Å². The summed E-state index contributed by atoms with van der Waals surface area (Å²) in [4.78, 5) is 4.03. The SMILES string of the molecule is Cc1nn(C(C)c2ccc(F)cn2)c(N)c1Br. The Balaban J connectivity index is 2.40. The van der Waals surface area contributed by atoms with E-state index in [2.05, 4.69) is 26.0 Å². The van der Waals surface area contributed by atoms with E-state index in [1.54, 1.807) is 10.7 Å². The first-order valence-electron chi connectivity index (χ1n) is 5.12. The minimum Gasteiger partial charge on any atom is -0.383 e. The van der Waals surface area contributed by atoms with Gasteiger partial charge in [0.05, 0.1) is 28.1 Å². The van der Waals surface area contributed by atoms with Crippen molar-refractivity contribution in [1.82, 2.24) is 14.8 Å². The summed E-state index contributed by atoms with van der Waals surface area (Å²) in [6.45, 7) is 3.78. The molecule has 6 heteroatoms. The summed E-state index contributed by atoms with van der Waals surface area (Å²) in [5.74, 6) is 0.188. The summed E-state index contributed by atoms with van der Waals surface area (Å²) in [6, 6.07) is 2.87. The van der Waals surface area contributed by atoms with E-state index in [9.17, 15) is 4.39 Å². The van der Waals surface area contributed by atoms with Gasteiger partial charge < -0.3 is 5.73 Å². The van der Waals surface area contributed by atoms with E-state index >= 15 is 0 Å². The normalized spacial score (nSPS) is 12.7. The number of nitrogens with two attached hydrogens (primary N) is 1. The first-order valence-corrected chi connectivity index (χ1v) is 5.91. The predicted octanol–water partition coefficient (Wildman–Crippen LogP) is 2.68. The van der Waals surface area contributed by atoms with Gasteiger partial charge in [-0.3, -0.25) is 4.98 Å². The quantitative estimate of drug-likeness (QED) is 0.927. The van der Waals surface area contributed by atoms with E-state index in [0.717, 1.165) is 10.2 Å². The summed E-state index contributed by atoms with van der Waals surface area (Å²) in [5, 5.41) is 4.32. The Morgan fingerprint density at radius 2 is 2.18 bits per heavy atom. The van der Waals surface area contributed by atoms with Crippen LogP contribution in [0.3, 0.4) is 0 Å². The molecule has 90 valence electrons. The Morgan fingerprint density at radius 1 is 1.47 bits per heavy atom. The highest BCUT2D eigenvalue weighted by atomic mass is 79.9. The second kappa shape index (κ2) is 4.44. The molecule has 0 bridgehead atoms. The summed E-state index contributed by atoms with van der Waals surface area (Å²) in [6.07, 6.45) is 1.19. The van der Waals surface area contributed by atoms with Crippen LogP contribution in [0.1, 0.15) is 24.4 Å². The largest absolute Gasteiger partial charge is 0.383 e. The second-order valence-corrected chi connectivity index (χ2v) is 4.60. The van der Waals surface area contributed by atoms with Gasteiger partial charge in [-0.1, -0.05) is 0 Å². The molecular weight excluding hydrogens is 287 g/mol. The summed E-state index contributed by atoms with van der Waals surface area (Å²) >= 11 is 3.36. The highest BCUT2D eigenvalue weighted by Crippen LogP contribution is 2.27. The molecule has 17 heavy (non-hydrogen) atoms. The lowest BCUT2D eigenvalue weighted by Gasteiger charge is -2.13. The van der Waals surface area contributed by atoms with E-state index in [0.29, 0.717) is 11.5 Å². The van der Waals surface area contributed by atoms with Gasteiger partial charge in [-0.2, -0.15) is 5.10 Å². The van der Waals surface area contributed by atoms with E-state index in [1.807, 2.05) is 13.8 Å². The number of hydrogen-bond acceptors (Lipinski definition) is 3. The van der Waals surface area contributed by atoms with Gasteiger partial charge in [-0.15, -0.1) is 0 Å². The second-order valence-electron chi connectivity index (χ2n) is 3.81. The Labute approximate surface area is 107 Å². The Hall–Kier alpha value is -1.43. The fraction of sp³-hybridized carbons (Fsp3) is 0.273. The van der Waals surface area contributed by atoms with Crippen LogP contribution >= 0.6 is 15.9 Å². The van der Waals surface area contributed by atoms with Gasteiger partial charge in [0, 0.05) is 0 Å². The van der Waals surface area contributed by atoms with Crippen LogP contribution in [0, 0.1) is 12.7 Å². The Kier molecular flexibility index (Phi) is 3.15. The number of pyridine rings is 1. The Morgan fingerprint density at radius 3 is 2.65 bits per heavy atom. The number of halogens is 2. The van der Waals surface area contributed by atoms with Gasteiger partial charge in [0.2, 0.25) is 0 Å². The third-order valence-corrected chi connectivity index (χ3v) is 3.57. The number of aryl methyl sites for hydroxylation is 1. The van der Waals surface area contributed by atoms with Crippen molar-refractivity contribution < 1.29 is 4.39 Å². The molecule has 0 aliphatic heterocycles. The zero-order valence-corrected chi connectivity index (χ0v) is 11.1. The van der Waals surface area contributed by atoms with E-state index < -0.39 is 0 Å². The van der Waals surface area contributed by atoms with Crippen molar-refractivity contribution in [2.45, 2.75) is 19.9 Å². The van der Waals surface area contributed by atoms with Gasteiger partial charge >= 0.3 is 0 Å². The molecule has 2 rings (SSSR count). The smallest absolute Gasteiger partial charge is 0.141 e. The number of anilines is 1. The molecule has 4 nitrogen and oxygen atoms in total. The van der Waals surface area contributed by atoms with Crippen molar-refractivity contribution in [3.05, 3.63) is 40.0 Å². The molecule has 0 aromatic carbocycles. The minimum absolute atomic E-state index is 0.138. The number of hydrogen-bond donors (Lipinski definition) is 1. The molecule has 0 aliphatic carbocycles. The third-order valence-electron chi connectivity index (χ3n) is 2.59. The first-order chi connectivity index (χ1) is 8.00. The number of aromatic nitrogens is 3. The van der Waals surface area contributed by atoms with Crippen molar-refractivity contribution in [2.24, 2.45) is 0 Å². The summed E-state index contributed by atoms with van der Waals surface area (Å²) in [5.41, 5.74) is 7.46. The highest BCUT2D eigenvalue weighted by molar-refractivity contribution is 9.10. The number of rotatable bonds is 2. The van der Waals surface area contributed by atoms with Crippen LogP contribution in [-0.2, 0) is 0 Å². The van der Waals surface area contributed by atoms with Crippen molar-refractivity contribution in [3.8, 4) is 0 Å². The van der Waals surface area contributed by atoms with Crippen LogP contribution in [0.25, 0.3) is 0 Å². The molecule has 0 amide bonds. The van der Waals surface area contributed by atoms with Crippen molar-refractivity contribution in [3.63, 3.8) is 0 Å². The average molecular weight is 299 g/mol. The zero-order chi connectivity index (χ0) is 12.6. The molecular formula is C11H12BrFN4. The molecule has 0 saturated carbocycles. The Bertz CT molecular complexity index is 535. The lowest BCUT2D eigenvalue weighted by atomic mass is 10.2. The molecule has 0 aliphatic rings. The van der Waals surface area contributed by atoms with E-state index in [1.165, 1.54) is 12.3 Å². The summed E-state index contributed by atoms with van der Waals surface area (Å²) < 4.78 is 15.2. The molecule has 1 atom stereocenters. The van der Waals surface area contributed by atoms with Crippen molar-refractivity contribution in [1.29, 1.82) is 0 Å².